The van der Waals surface area contributed by atoms with Crippen LogP contribution >= 0.6 is 0 Å². The van der Waals surface area contributed by atoms with Gasteiger partial charge in [-0.05, 0) is 48.2 Å². The molecule has 0 bridgehead atoms. The maximum Gasteiger partial charge on any atom is 0.165 e. The van der Waals surface area contributed by atoms with E-state index in [9.17, 15) is 4.39 Å². The van der Waals surface area contributed by atoms with Crippen molar-refractivity contribution in [2.24, 2.45) is 5.73 Å². The molecule has 0 spiro atoms. The fourth-order valence-corrected chi connectivity index (χ4v) is 2.10. The van der Waals surface area contributed by atoms with E-state index in [0.29, 0.717) is 6.42 Å². The van der Waals surface area contributed by atoms with Gasteiger partial charge in [0.1, 0.15) is 0 Å². The molecule has 2 N–H and O–H groups in total. The molecule has 0 radical (unpaired) electrons. The van der Waals surface area contributed by atoms with E-state index in [1.54, 1.807) is 18.5 Å². The minimum atomic E-state index is -0.362. The first-order chi connectivity index (χ1) is 9.11. The number of nitrogens with two attached hydrogens (primary N) is 1. The highest BCUT2D eigenvalue weighted by atomic mass is 19.1. The van der Waals surface area contributed by atoms with E-state index in [1.807, 2.05) is 19.1 Å². The molecule has 2 rings (SSSR count). The second-order valence-electron chi connectivity index (χ2n) is 4.51. The number of pyridine rings is 1. The summed E-state index contributed by atoms with van der Waals surface area (Å²) in [6, 6.07) is 6.65. The minimum absolute atomic E-state index is 0.171. The zero-order valence-electron chi connectivity index (χ0n) is 11.1. The summed E-state index contributed by atoms with van der Waals surface area (Å²) < 4.78 is 18.5. The highest BCUT2D eigenvalue weighted by Gasteiger charge is 2.11. The highest BCUT2D eigenvalue weighted by molar-refractivity contribution is 5.32. The third-order valence-corrected chi connectivity index (χ3v) is 3.13. The number of ether oxygens (including phenoxy) is 1. The second kappa shape index (κ2) is 5.80. The summed E-state index contributed by atoms with van der Waals surface area (Å²) in [5.74, 6) is -0.115. The molecule has 0 fully saturated rings. The lowest BCUT2D eigenvalue weighted by Crippen LogP contribution is -2.15. The fourth-order valence-electron chi connectivity index (χ4n) is 2.10. The van der Waals surface area contributed by atoms with Crippen molar-refractivity contribution in [1.82, 2.24) is 4.98 Å². The third kappa shape index (κ3) is 3.09. The maximum absolute atomic E-state index is 13.6. The SMILES string of the molecule is COc1ccc(CC(N)c2ccncc2C)cc1F. The zero-order valence-corrected chi connectivity index (χ0v) is 11.1. The molecule has 0 saturated heterocycles. The lowest BCUT2D eigenvalue weighted by Gasteiger charge is -2.14. The fraction of sp³-hybridized carbons (Fsp3) is 0.267. The Morgan fingerprint density at radius 2 is 2.16 bits per heavy atom. The van der Waals surface area contributed by atoms with Gasteiger partial charge in [0.25, 0.3) is 0 Å². The number of aromatic nitrogens is 1. The Morgan fingerprint density at radius 3 is 2.79 bits per heavy atom. The molecule has 0 aliphatic heterocycles. The average molecular weight is 260 g/mol. The molecule has 1 aromatic heterocycles. The molecular weight excluding hydrogens is 243 g/mol. The van der Waals surface area contributed by atoms with Crippen molar-refractivity contribution < 1.29 is 9.13 Å². The normalized spacial score (nSPS) is 12.2. The van der Waals surface area contributed by atoms with Crippen LogP contribution in [0, 0.1) is 12.7 Å². The minimum Gasteiger partial charge on any atom is -0.494 e. The molecule has 3 nitrogen and oxygen atoms in total. The highest BCUT2D eigenvalue weighted by Crippen LogP contribution is 2.22. The first-order valence-corrected chi connectivity index (χ1v) is 6.10. The van der Waals surface area contributed by atoms with Crippen LogP contribution in [-0.2, 0) is 6.42 Å². The first kappa shape index (κ1) is 13.5. The molecule has 1 aromatic carbocycles. The summed E-state index contributed by atoms with van der Waals surface area (Å²) >= 11 is 0. The van der Waals surface area contributed by atoms with Crippen molar-refractivity contribution in [2.45, 2.75) is 19.4 Å². The molecule has 100 valence electrons. The molecule has 0 saturated carbocycles. The quantitative estimate of drug-likeness (QED) is 0.919. The Hall–Kier alpha value is -1.94. The van der Waals surface area contributed by atoms with Gasteiger partial charge < -0.3 is 10.5 Å². The largest absolute Gasteiger partial charge is 0.494 e. The third-order valence-electron chi connectivity index (χ3n) is 3.13. The lowest BCUT2D eigenvalue weighted by molar-refractivity contribution is 0.386. The van der Waals surface area contributed by atoms with Gasteiger partial charge in [-0.15, -0.1) is 0 Å². The van der Waals surface area contributed by atoms with Crippen molar-refractivity contribution in [2.75, 3.05) is 7.11 Å². The van der Waals surface area contributed by atoms with Crippen LogP contribution in [0.25, 0.3) is 0 Å². The van der Waals surface area contributed by atoms with E-state index in [0.717, 1.165) is 16.7 Å². The molecule has 1 unspecified atom stereocenters. The number of methoxy groups -OCH3 is 1. The number of hydrogen-bond acceptors (Lipinski definition) is 3. The maximum atomic E-state index is 13.6. The molecule has 1 atom stereocenters. The van der Waals surface area contributed by atoms with Gasteiger partial charge in [-0.3, -0.25) is 4.98 Å². The standard InChI is InChI=1S/C15H17FN2O/c1-10-9-18-6-5-12(10)14(17)8-11-3-4-15(19-2)13(16)7-11/h3-7,9,14H,8,17H2,1-2H3. The zero-order chi connectivity index (χ0) is 13.8. The topological polar surface area (TPSA) is 48.1 Å². The number of hydrogen-bond donors (Lipinski definition) is 1. The summed E-state index contributed by atoms with van der Waals surface area (Å²) in [7, 11) is 1.45. The van der Waals surface area contributed by atoms with Crippen LogP contribution in [0.15, 0.2) is 36.7 Å². The van der Waals surface area contributed by atoms with E-state index < -0.39 is 0 Å². The molecule has 4 heteroatoms. The summed E-state index contributed by atoms with van der Waals surface area (Å²) in [5, 5.41) is 0. The van der Waals surface area contributed by atoms with Gasteiger partial charge in [0.2, 0.25) is 0 Å². The molecule has 0 amide bonds. The predicted octanol–water partition coefficient (Wildman–Crippen LogP) is 2.78. The number of halogens is 1. The van der Waals surface area contributed by atoms with Crippen LogP contribution in [0.1, 0.15) is 22.7 Å². The van der Waals surface area contributed by atoms with E-state index in [-0.39, 0.29) is 17.6 Å². The van der Waals surface area contributed by atoms with Crippen molar-refractivity contribution in [3.63, 3.8) is 0 Å². The van der Waals surface area contributed by atoms with Gasteiger partial charge in [0.05, 0.1) is 7.11 Å². The molecule has 1 heterocycles. The van der Waals surface area contributed by atoms with Gasteiger partial charge in [-0.2, -0.15) is 0 Å². The molecular formula is C15H17FN2O. The predicted molar refractivity (Wildman–Crippen MR) is 72.6 cm³/mol. The van der Waals surface area contributed by atoms with Crippen LogP contribution < -0.4 is 10.5 Å². The van der Waals surface area contributed by atoms with Crippen LogP contribution in [0.4, 0.5) is 4.39 Å². The molecule has 2 aromatic rings. The Bertz CT molecular complexity index is 572. The molecule has 19 heavy (non-hydrogen) atoms. The summed E-state index contributed by atoms with van der Waals surface area (Å²) in [6.45, 7) is 1.97. The first-order valence-electron chi connectivity index (χ1n) is 6.10. The Kier molecular flexibility index (Phi) is 4.12. The smallest absolute Gasteiger partial charge is 0.165 e. The van der Waals surface area contributed by atoms with E-state index in [4.69, 9.17) is 10.5 Å². The van der Waals surface area contributed by atoms with Crippen LogP contribution in [-0.4, -0.2) is 12.1 Å². The van der Waals surface area contributed by atoms with Crippen LogP contribution in [0.3, 0.4) is 0 Å². The number of nitrogens with zero attached hydrogens (tertiary/aromatic N) is 1. The van der Waals surface area contributed by atoms with Gasteiger partial charge in [-0.25, -0.2) is 4.39 Å². The van der Waals surface area contributed by atoms with Gasteiger partial charge in [-0.1, -0.05) is 6.07 Å². The number of rotatable bonds is 4. The number of benzene rings is 1. The summed E-state index contributed by atoms with van der Waals surface area (Å²) in [4.78, 5) is 4.04. The Morgan fingerprint density at radius 1 is 1.37 bits per heavy atom. The van der Waals surface area contributed by atoms with Crippen molar-refractivity contribution in [1.29, 1.82) is 0 Å². The van der Waals surface area contributed by atoms with E-state index >= 15 is 0 Å². The van der Waals surface area contributed by atoms with E-state index in [1.165, 1.54) is 13.2 Å². The van der Waals surface area contributed by atoms with Crippen LogP contribution in [0.2, 0.25) is 0 Å². The Labute approximate surface area is 112 Å². The summed E-state index contributed by atoms with van der Waals surface area (Å²) in [6.07, 6.45) is 4.08. The van der Waals surface area contributed by atoms with E-state index in [2.05, 4.69) is 4.98 Å². The van der Waals surface area contributed by atoms with Crippen molar-refractivity contribution in [3.05, 3.63) is 59.2 Å². The Balaban J connectivity index is 2.17. The van der Waals surface area contributed by atoms with Crippen LogP contribution in [0.5, 0.6) is 5.75 Å². The average Bonchev–Trinajstić information content (AvgIpc) is 2.39. The van der Waals surface area contributed by atoms with Crippen molar-refractivity contribution >= 4 is 0 Å². The van der Waals surface area contributed by atoms with Gasteiger partial charge in [0.15, 0.2) is 11.6 Å². The summed E-state index contributed by atoms with van der Waals surface area (Å²) in [5.41, 5.74) is 9.09. The molecule has 0 aliphatic carbocycles. The number of aryl methyl sites for hydroxylation is 1. The van der Waals surface area contributed by atoms with Gasteiger partial charge >= 0.3 is 0 Å². The lowest BCUT2D eigenvalue weighted by atomic mass is 9.97. The van der Waals surface area contributed by atoms with Crippen molar-refractivity contribution in [3.8, 4) is 5.75 Å². The monoisotopic (exact) mass is 260 g/mol. The molecule has 0 aliphatic rings. The second-order valence-corrected chi connectivity index (χ2v) is 4.51. The van der Waals surface area contributed by atoms with Gasteiger partial charge in [0, 0.05) is 18.4 Å².